The molecule has 1 aliphatic heterocycles. The summed E-state index contributed by atoms with van der Waals surface area (Å²) >= 11 is 5.35. The normalized spacial score (nSPS) is 13.8. The SMILES string of the molecule is CC(C)CCOc1ccccc1C(=O)NC(=S)Nc1cccc(C(=O)N2CCCCCC2)c1. The molecule has 0 unspecified atom stereocenters. The quantitative estimate of drug-likeness (QED) is 0.544. The van der Waals surface area contributed by atoms with E-state index in [1.54, 1.807) is 24.3 Å². The highest BCUT2D eigenvalue weighted by Crippen LogP contribution is 2.19. The number of amides is 2. The second-order valence-electron chi connectivity index (χ2n) is 8.72. The van der Waals surface area contributed by atoms with E-state index in [2.05, 4.69) is 24.5 Å². The molecule has 2 N–H and O–H groups in total. The van der Waals surface area contributed by atoms with Crippen LogP contribution in [0.2, 0.25) is 0 Å². The van der Waals surface area contributed by atoms with E-state index in [9.17, 15) is 9.59 Å². The van der Waals surface area contributed by atoms with Crippen molar-refractivity contribution in [2.24, 2.45) is 5.92 Å². The number of likely N-dealkylation sites (tertiary alicyclic amines) is 1. The van der Waals surface area contributed by atoms with Gasteiger partial charge in [0.05, 0.1) is 12.2 Å². The zero-order valence-corrected chi connectivity index (χ0v) is 20.2. The van der Waals surface area contributed by atoms with Gasteiger partial charge < -0.3 is 15.0 Å². The first kappa shape index (κ1) is 24.7. The smallest absolute Gasteiger partial charge is 0.261 e. The lowest BCUT2D eigenvalue weighted by atomic mass is 10.1. The molecule has 33 heavy (non-hydrogen) atoms. The average molecular weight is 468 g/mol. The van der Waals surface area contributed by atoms with Gasteiger partial charge in [-0.1, -0.05) is 44.9 Å². The summed E-state index contributed by atoms with van der Waals surface area (Å²) in [4.78, 5) is 27.6. The lowest BCUT2D eigenvalue weighted by Crippen LogP contribution is -2.34. The molecule has 3 rings (SSSR count). The van der Waals surface area contributed by atoms with Gasteiger partial charge in [0, 0.05) is 24.3 Å². The van der Waals surface area contributed by atoms with Crippen LogP contribution in [-0.4, -0.2) is 41.5 Å². The number of hydrogen-bond acceptors (Lipinski definition) is 4. The molecule has 0 bridgehead atoms. The number of hydrogen-bond donors (Lipinski definition) is 2. The van der Waals surface area contributed by atoms with Gasteiger partial charge >= 0.3 is 0 Å². The second kappa shape index (κ2) is 12.3. The Balaban J connectivity index is 1.60. The fourth-order valence-corrected chi connectivity index (χ4v) is 3.91. The lowest BCUT2D eigenvalue weighted by molar-refractivity contribution is 0.0761. The molecule has 7 heteroatoms. The maximum atomic E-state index is 12.9. The Hall–Kier alpha value is -2.93. The summed E-state index contributed by atoms with van der Waals surface area (Å²) in [5, 5.41) is 5.89. The van der Waals surface area contributed by atoms with E-state index < -0.39 is 0 Å². The molecular weight excluding hydrogens is 434 g/mol. The van der Waals surface area contributed by atoms with E-state index in [1.165, 1.54) is 12.8 Å². The number of thiocarbonyl (C=S) groups is 1. The number of nitrogens with one attached hydrogen (secondary N) is 2. The number of benzene rings is 2. The van der Waals surface area contributed by atoms with Gasteiger partial charge in [-0.15, -0.1) is 0 Å². The molecule has 1 saturated heterocycles. The molecule has 1 fully saturated rings. The highest BCUT2D eigenvalue weighted by Gasteiger charge is 2.18. The monoisotopic (exact) mass is 467 g/mol. The molecule has 0 aromatic heterocycles. The highest BCUT2D eigenvalue weighted by atomic mass is 32.1. The summed E-state index contributed by atoms with van der Waals surface area (Å²) in [5.74, 6) is 0.737. The molecule has 1 aliphatic rings. The fourth-order valence-electron chi connectivity index (χ4n) is 3.70. The van der Waals surface area contributed by atoms with Crippen LogP contribution in [0.15, 0.2) is 48.5 Å². The predicted octanol–water partition coefficient (Wildman–Crippen LogP) is 5.25. The Bertz CT molecular complexity index is 969. The molecule has 2 aromatic carbocycles. The molecule has 0 atom stereocenters. The number of carbonyl (C=O) groups is 2. The summed E-state index contributed by atoms with van der Waals surface area (Å²) < 4.78 is 5.81. The van der Waals surface area contributed by atoms with Crippen LogP contribution in [0.3, 0.4) is 0 Å². The zero-order valence-electron chi connectivity index (χ0n) is 19.4. The third kappa shape index (κ3) is 7.56. The standard InChI is InChI=1S/C26H33N3O3S/c1-19(2)14-17-32-23-13-6-5-12-22(23)24(30)28-26(33)27-21-11-9-10-20(18-21)25(31)29-15-7-3-4-8-16-29/h5-6,9-13,18-19H,3-4,7-8,14-17H2,1-2H3,(H2,27,28,30,33). The Labute approximate surface area is 201 Å². The van der Waals surface area contributed by atoms with Crippen molar-refractivity contribution in [2.45, 2.75) is 46.0 Å². The van der Waals surface area contributed by atoms with Crippen molar-refractivity contribution in [2.75, 3.05) is 25.0 Å². The predicted molar refractivity (Wildman–Crippen MR) is 136 cm³/mol. The van der Waals surface area contributed by atoms with E-state index in [0.29, 0.717) is 35.1 Å². The van der Waals surface area contributed by atoms with Crippen molar-refractivity contribution in [1.29, 1.82) is 0 Å². The van der Waals surface area contributed by atoms with Crippen LogP contribution in [0.4, 0.5) is 5.69 Å². The van der Waals surface area contributed by atoms with Crippen molar-refractivity contribution < 1.29 is 14.3 Å². The number of nitrogens with zero attached hydrogens (tertiary/aromatic N) is 1. The van der Waals surface area contributed by atoms with Gasteiger partial charge in [-0.2, -0.15) is 0 Å². The first-order valence-corrected chi connectivity index (χ1v) is 12.1. The molecule has 2 aromatic rings. The Morgan fingerprint density at radius 1 is 1.03 bits per heavy atom. The fraction of sp³-hybridized carbons (Fsp3) is 0.423. The van der Waals surface area contributed by atoms with Crippen LogP contribution < -0.4 is 15.4 Å². The van der Waals surface area contributed by atoms with Crippen LogP contribution in [0.25, 0.3) is 0 Å². The van der Waals surface area contributed by atoms with Gasteiger partial charge in [-0.3, -0.25) is 14.9 Å². The van der Waals surface area contributed by atoms with Crippen LogP contribution >= 0.6 is 12.2 Å². The minimum atomic E-state index is -0.343. The number of carbonyl (C=O) groups excluding carboxylic acids is 2. The lowest BCUT2D eigenvalue weighted by Gasteiger charge is -2.20. The number of anilines is 1. The van der Waals surface area contributed by atoms with Crippen LogP contribution in [0, 0.1) is 5.92 Å². The minimum absolute atomic E-state index is 0.0305. The highest BCUT2D eigenvalue weighted by molar-refractivity contribution is 7.80. The third-order valence-corrected chi connectivity index (χ3v) is 5.78. The summed E-state index contributed by atoms with van der Waals surface area (Å²) in [5.41, 5.74) is 1.69. The molecule has 6 nitrogen and oxygen atoms in total. The van der Waals surface area contributed by atoms with E-state index in [-0.39, 0.29) is 16.9 Å². The first-order valence-electron chi connectivity index (χ1n) is 11.7. The topological polar surface area (TPSA) is 70.7 Å². The van der Waals surface area contributed by atoms with Crippen molar-refractivity contribution >= 4 is 34.8 Å². The summed E-state index contributed by atoms with van der Waals surface area (Å²) in [7, 11) is 0. The van der Waals surface area contributed by atoms with Crippen LogP contribution in [-0.2, 0) is 0 Å². The van der Waals surface area contributed by atoms with Gasteiger partial charge in [0.2, 0.25) is 0 Å². The van der Waals surface area contributed by atoms with E-state index in [0.717, 1.165) is 32.4 Å². The molecule has 1 heterocycles. The largest absolute Gasteiger partial charge is 0.493 e. The van der Waals surface area contributed by atoms with Crippen LogP contribution in [0.5, 0.6) is 5.75 Å². The summed E-state index contributed by atoms with van der Waals surface area (Å²) in [6, 6.07) is 14.3. The van der Waals surface area contributed by atoms with Crippen LogP contribution in [0.1, 0.15) is 66.7 Å². The molecule has 0 radical (unpaired) electrons. The molecule has 0 saturated carbocycles. The molecule has 0 aliphatic carbocycles. The number of ether oxygens (including phenoxy) is 1. The van der Waals surface area contributed by atoms with E-state index in [1.807, 2.05) is 29.2 Å². The maximum absolute atomic E-state index is 12.9. The van der Waals surface area contributed by atoms with Gasteiger partial charge in [-0.05, 0) is 67.7 Å². The first-order chi connectivity index (χ1) is 15.9. The number of para-hydroxylation sites is 1. The minimum Gasteiger partial charge on any atom is -0.493 e. The molecular formula is C26H33N3O3S. The van der Waals surface area contributed by atoms with Gasteiger partial charge in [-0.25, -0.2) is 0 Å². The number of rotatable bonds is 7. The maximum Gasteiger partial charge on any atom is 0.261 e. The third-order valence-electron chi connectivity index (χ3n) is 5.57. The van der Waals surface area contributed by atoms with Crippen molar-refractivity contribution in [3.63, 3.8) is 0 Å². The molecule has 176 valence electrons. The van der Waals surface area contributed by atoms with Gasteiger partial charge in [0.1, 0.15) is 5.75 Å². The van der Waals surface area contributed by atoms with Crippen molar-refractivity contribution in [3.05, 3.63) is 59.7 Å². The van der Waals surface area contributed by atoms with Crippen molar-refractivity contribution in [3.8, 4) is 5.75 Å². The Morgan fingerprint density at radius 3 is 2.48 bits per heavy atom. The molecule has 2 amide bonds. The summed E-state index contributed by atoms with van der Waals surface area (Å²) in [6.07, 6.45) is 5.34. The Morgan fingerprint density at radius 2 is 1.76 bits per heavy atom. The van der Waals surface area contributed by atoms with Crippen molar-refractivity contribution in [1.82, 2.24) is 10.2 Å². The Kier molecular flexibility index (Phi) is 9.24. The van der Waals surface area contributed by atoms with E-state index in [4.69, 9.17) is 17.0 Å². The van der Waals surface area contributed by atoms with Gasteiger partial charge in [0.25, 0.3) is 11.8 Å². The summed E-state index contributed by atoms with van der Waals surface area (Å²) in [6.45, 7) is 6.39. The zero-order chi connectivity index (χ0) is 23.6. The van der Waals surface area contributed by atoms with Gasteiger partial charge in [0.15, 0.2) is 5.11 Å². The second-order valence-corrected chi connectivity index (χ2v) is 9.13. The molecule has 0 spiro atoms. The van der Waals surface area contributed by atoms with E-state index >= 15 is 0 Å². The average Bonchev–Trinajstić information content (AvgIpc) is 3.08.